The highest BCUT2D eigenvalue weighted by Crippen LogP contribution is 2.34. The Bertz CT molecular complexity index is 299. The van der Waals surface area contributed by atoms with Gasteiger partial charge >= 0.3 is 0 Å². The maximum Gasteiger partial charge on any atom is 0.105 e. The zero-order valence-electron chi connectivity index (χ0n) is 8.71. The molecule has 0 unspecified atom stereocenters. The van der Waals surface area contributed by atoms with Crippen LogP contribution in [0.25, 0.3) is 0 Å². The molecular weight excluding hydrogens is 176 g/mol. The van der Waals surface area contributed by atoms with Crippen molar-refractivity contribution in [3.05, 3.63) is 11.4 Å². The lowest BCUT2D eigenvalue weighted by Crippen LogP contribution is -2.39. The largest absolute Gasteiger partial charge is 0.320 e. The lowest BCUT2D eigenvalue weighted by atomic mass is 9.79. The van der Waals surface area contributed by atoms with Gasteiger partial charge in [0, 0.05) is 0 Å². The number of aromatic amines is 1. The first-order valence-electron chi connectivity index (χ1n) is 5.45. The maximum absolute atomic E-state index is 6.38. The SMILES string of the molecule is CCc1n[nH]nc1C1(N)CCCCC1. The van der Waals surface area contributed by atoms with Crippen molar-refractivity contribution in [3.63, 3.8) is 0 Å². The zero-order chi connectivity index (χ0) is 10.0. The fourth-order valence-electron chi connectivity index (χ4n) is 2.32. The number of H-pyrrole nitrogens is 1. The van der Waals surface area contributed by atoms with Crippen LogP contribution in [0, 0.1) is 0 Å². The number of aromatic nitrogens is 3. The molecule has 2 rings (SSSR count). The number of nitrogens with zero attached hydrogens (tertiary/aromatic N) is 2. The standard InChI is InChI=1S/C10H18N4/c1-2-8-9(13-14-12-8)10(11)6-4-3-5-7-10/h2-7,11H2,1H3,(H,12,13,14). The van der Waals surface area contributed by atoms with Crippen LogP contribution < -0.4 is 5.73 Å². The molecule has 0 bridgehead atoms. The van der Waals surface area contributed by atoms with Crippen LogP contribution in [-0.4, -0.2) is 15.4 Å². The van der Waals surface area contributed by atoms with E-state index in [-0.39, 0.29) is 5.54 Å². The highest BCUT2D eigenvalue weighted by atomic mass is 15.3. The Morgan fingerprint density at radius 1 is 1.29 bits per heavy atom. The minimum absolute atomic E-state index is 0.212. The summed E-state index contributed by atoms with van der Waals surface area (Å²) in [7, 11) is 0. The van der Waals surface area contributed by atoms with Gasteiger partial charge in [-0.15, -0.1) is 0 Å². The van der Waals surface area contributed by atoms with Gasteiger partial charge in [0.25, 0.3) is 0 Å². The summed E-state index contributed by atoms with van der Waals surface area (Å²) < 4.78 is 0. The quantitative estimate of drug-likeness (QED) is 0.749. The third kappa shape index (κ3) is 1.54. The average molecular weight is 194 g/mol. The van der Waals surface area contributed by atoms with Gasteiger partial charge < -0.3 is 5.73 Å². The fraction of sp³-hybridized carbons (Fsp3) is 0.800. The molecule has 4 nitrogen and oxygen atoms in total. The van der Waals surface area contributed by atoms with Crippen LogP contribution in [0.5, 0.6) is 0 Å². The van der Waals surface area contributed by atoms with Crippen molar-refractivity contribution in [2.24, 2.45) is 5.73 Å². The van der Waals surface area contributed by atoms with Crippen molar-refractivity contribution in [1.82, 2.24) is 15.4 Å². The average Bonchev–Trinajstić information content (AvgIpc) is 2.67. The number of hydrogen-bond donors (Lipinski definition) is 2. The van der Waals surface area contributed by atoms with Gasteiger partial charge in [-0.05, 0) is 19.3 Å². The second-order valence-corrected chi connectivity index (χ2v) is 4.19. The van der Waals surface area contributed by atoms with Gasteiger partial charge in [0.2, 0.25) is 0 Å². The highest BCUT2D eigenvalue weighted by molar-refractivity contribution is 5.19. The Balaban J connectivity index is 2.27. The minimum atomic E-state index is -0.212. The smallest absolute Gasteiger partial charge is 0.105 e. The monoisotopic (exact) mass is 194 g/mol. The second kappa shape index (κ2) is 3.69. The van der Waals surface area contributed by atoms with Crippen LogP contribution in [0.3, 0.4) is 0 Å². The molecule has 14 heavy (non-hydrogen) atoms. The molecule has 0 radical (unpaired) electrons. The Kier molecular flexibility index (Phi) is 2.54. The van der Waals surface area contributed by atoms with E-state index in [0.717, 1.165) is 30.7 Å². The molecule has 0 spiro atoms. The predicted octanol–water partition coefficient (Wildman–Crippen LogP) is 1.49. The van der Waals surface area contributed by atoms with Gasteiger partial charge in [-0.3, -0.25) is 0 Å². The van der Waals surface area contributed by atoms with Crippen molar-refractivity contribution in [3.8, 4) is 0 Å². The van der Waals surface area contributed by atoms with E-state index >= 15 is 0 Å². The van der Waals surface area contributed by atoms with Gasteiger partial charge in [-0.2, -0.15) is 15.4 Å². The third-order valence-corrected chi connectivity index (χ3v) is 3.17. The summed E-state index contributed by atoms with van der Waals surface area (Å²) in [6.45, 7) is 2.09. The van der Waals surface area contributed by atoms with E-state index in [1.54, 1.807) is 0 Å². The number of nitrogens with one attached hydrogen (secondary N) is 1. The molecular formula is C10H18N4. The Labute approximate surface area is 84.3 Å². The molecule has 0 atom stereocenters. The fourth-order valence-corrected chi connectivity index (χ4v) is 2.32. The molecule has 1 aliphatic carbocycles. The van der Waals surface area contributed by atoms with E-state index < -0.39 is 0 Å². The van der Waals surface area contributed by atoms with Gasteiger partial charge in [0.1, 0.15) is 5.69 Å². The first kappa shape index (κ1) is 9.65. The summed E-state index contributed by atoms with van der Waals surface area (Å²) in [4.78, 5) is 0. The summed E-state index contributed by atoms with van der Waals surface area (Å²) in [5, 5.41) is 11.1. The van der Waals surface area contributed by atoms with Gasteiger partial charge in [0.05, 0.1) is 11.2 Å². The summed E-state index contributed by atoms with van der Waals surface area (Å²) in [6, 6.07) is 0. The van der Waals surface area contributed by atoms with Gasteiger partial charge in [-0.25, -0.2) is 0 Å². The lowest BCUT2D eigenvalue weighted by Gasteiger charge is -2.32. The first-order chi connectivity index (χ1) is 6.76. The molecule has 3 N–H and O–H groups in total. The topological polar surface area (TPSA) is 67.6 Å². The molecule has 4 heteroatoms. The van der Waals surface area contributed by atoms with Crippen LogP contribution in [0.2, 0.25) is 0 Å². The van der Waals surface area contributed by atoms with E-state index in [0.29, 0.717) is 0 Å². The minimum Gasteiger partial charge on any atom is -0.320 e. The van der Waals surface area contributed by atoms with Crippen molar-refractivity contribution in [1.29, 1.82) is 0 Å². The Morgan fingerprint density at radius 3 is 2.64 bits per heavy atom. The van der Waals surface area contributed by atoms with Crippen LogP contribution in [0.1, 0.15) is 50.4 Å². The molecule has 1 aromatic heterocycles. The molecule has 0 aromatic carbocycles. The van der Waals surface area contributed by atoms with E-state index in [2.05, 4.69) is 22.3 Å². The predicted molar refractivity (Wildman–Crippen MR) is 54.7 cm³/mol. The number of hydrogen-bond acceptors (Lipinski definition) is 3. The van der Waals surface area contributed by atoms with Crippen molar-refractivity contribution < 1.29 is 0 Å². The molecule has 1 aliphatic rings. The maximum atomic E-state index is 6.38. The van der Waals surface area contributed by atoms with Crippen molar-refractivity contribution >= 4 is 0 Å². The molecule has 1 heterocycles. The summed E-state index contributed by atoms with van der Waals surface area (Å²) in [6.07, 6.45) is 6.74. The highest BCUT2D eigenvalue weighted by Gasteiger charge is 2.33. The molecule has 0 saturated heterocycles. The zero-order valence-corrected chi connectivity index (χ0v) is 8.71. The number of rotatable bonds is 2. The molecule has 0 amide bonds. The normalized spacial score (nSPS) is 21.0. The van der Waals surface area contributed by atoms with Crippen molar-refractivity contribution in [2.75, 3.05) is 0 Å². The number of nitrogens with two attached hydrogens (primary N) is 1. The summed E-state index contributed by atoms with van der Waals surface area (Å²) in [5.74, 6) is 0. The summed E-state index contributed by atoms with van der Waals surface area (Å²) >= 11 is 0. The van der Waals surface area contributed by atoms with E-state index in [1.165, 1.54) is 19.3 Å². The lowest BCUT2D eigenvalue weighted by molar-refractivity contribution is 0.293. The van der Waals surface area contributed by atoms with E-state index in [1.807, 2.05) is 0 Å². The molecule has 0 aliphatic heterocycles. The van der Waals surface area contributed by atoms with Crippen molar-refractivity contribution in [2.45, 2.75) is 51.0 Å². The third-order valence-electron chi connectivity index (χ3n) is 3.17. The van der Waals surface area contributed by atoms with Crippen LogP contribution in [0.4, 0.5) is 0 Å². The second-order valence-electron chi connectivity index (χ2n) is 4.19. The molecule has 78 valence electrons. The Hall–Kier alpha value is -0.900. The summed E-state index contributed by atoms with van der Waals surface area (Å²) in [5.41, 5.74) is 8.20. The van der Waals surface area contributed by atoms with Crippen LogP contribution in [-0.2, 0) is 12.0 Å². The molecule has 1 saturated carbocycles. The van der Waals surface area contributed by atoms with E-state index in [4.69, 9.17) is 5.73 Å². The van der Waals surface area contributed by atoms with Crippen LogP contribution in [0.15, 0.2) is 0 Å². The molecule has 1 fully saturated rings. The molecule has 1 aromatic rings. The first-order valence-corrected chi connectivity index (χ1v) is 5.45. The van der Waals surface area contributed by atoms with Gasteiger partial charge in [0.15, 0.2) is 0 Å². The number of aryl methyl sites for hydroxylation is 1. The van der Waals surface area contributed by atoms with E-state index in [9.17, 15) is 0 Å². The van der Waals surface area contributed by atoms with Crippen LogP contribution >= 0.6 is 0 Å². The van der Waals surface area contributed by atoms with Gasteiger partial charge in [-0.1, -0.05) is 26.2 Å². The Morgan fingerprint density at radius 2 is 2.00 bits per heavy atom.